The van der Waals surface area contributed by atoms with E-state index < -0.39 is 11.9 Å². The number of urea groups is 1. The first-order valence-electron chi connectivity index (χ1n) is 8.83. The number of phenolic OH excluding ortho intramolecular Hbond substituents is 1. The van der Waals surface area contributed by atoms with E-state index in [1.165, 1.54) is 12.0 Å². The molecule has 2 aromatic carbocycles. The van der Waals surface area contributed by atoms with E-state index >= 15 is 0 Å². The Labute approximate surface area is 163 Å². The van der Waals surface area contributed by atoms with Gasteiger partial charge in [0.15, 0.2) is 11.5 Å². The lowest BCUT2D eigenvalue weighted by molar-refractivity contribution is -0.123. The largest absolute Gasteiger partial charge is 0.504 e. The molecule has 0 unspecified atom stereocenters. The molecule has 6 heteroatoms. The zero-order chi connectivity index (χ0) is 20.3. The molecule has 0 bridgehead atoms. The van der Waals surface area contributed by atoms with E-state index in [0.717, 1.165) is 11.1 Å². The van der Waals surface area contributed by atoms with Gasteiger partial charge in [0, 0.05) is 5.56 Å². The minimum absolute atomic E-state index is 0.0346. The third-order valence-corrected chi connectivity index (χ3v) is 4.46. The molecule has 3 rings (SSSR count). The van der Waals surface area contributed by atoms with Gasteiger partial charge in [-0.1, -0.05) is 35.9 Å². The molecule has 1 aliphatic heterocycles. The summed E-state index contributed by atoms with van der Waals surface area (Å²) in [6, 6.07) is 10.5. The highest BCUT2D eigenvalue weighted by Gasteiger charge is 2.33. The fourth-order valence-corrected chi connectivity index (χ4v) is 3.11. The van der Waals surface area contributed by atoms with Gasteiger partial charge in [0.1, 0.15) is 5.70 Å². The normalized spacial score (nSPS) is 15.1. The quantitative estimate of drug-likeness (QED) is 0.458. The predicted octanol–water partition coefficient (Wildman–Crippen LogP) is 3.53. The van der Waals surface area contributed by atoms with Crippen LogP contribution in [0.25, 0.3) is 6.08 Å². The first-order chi connectivity index (χ1) is 13.4. The summed E-state index contributed by atoms with van der Waals surface area (Å²) in [7, 11) is 1.45. The van der Waals surface area contributed by atoms with Crippen LogP contribution in [-0.4, -0.2) is 29.1 Å². The number of rotatable bonds is 6. The highest BCUT2D eigenvalue weighted by molar-refractivity contribution is 6.13. The summed E-state index contributed by atoms with van der Waals surface area (Å²) in [6.07, 6.45) is 3.68. The van der Waals surface area contributed by atoms with Crippen molar-refractivity contribution in [1.82, 2.24) is 10.2 Å². The smallest absolute Gasteiger partial charge is 0.329 e. The monoisotopic (exact) mass is 378 g/mol. The number of carbonyl (C=O) groups is 2. The van der Waals surface area contributed by atoms with Crippen molar-refractivity contribution in [2.45, 2.75) is 19.9 Å². The van der Waals surface area contributed by atoms with Crippen LogP contribution in [0.5, 0.6) is 11.5 Å². The summed E-state index contributed by atoms with van der Waals surface area (Å²) in [5.74, 6) is -0.0733. The van der Waals surface area contributed by atoms with Crippen molar-refractivity contribution in [3.05, 3.63) is 77.0 Å². The van der Waals surface area contributed by atoms with Gasteiger partial charge in [-0.2, -0.15) is 0 Å². The maximum absolute atomic E-state index is 12.7. The highest BCUT2D eigenvalue weighted by Crippen LogP contribution is 2.33. The van der Waals surface area contributed by atoms with E-state index in [9.17, 15) is 14.7 Å². The van der Waals surface area contributed by atoms with E-state index in [1.807, 2.05) is 31.2 Å². The topological polar surface area (TPSA) is 78.9 Å². The molecule has 28 heavy (non-hydrogen) atoms. The van der Waals surface area contributed by atoms with Gasteiger partial charge >= 0.3 is 6.03 Å². The molecule has 1 fully saturated rings. The molecule has 2 N–H and O–H groups in total. The number of aryl methyl sites for hydroxylation is 1. The van der Waals surface area contributed by atoms with Gasteiger partial charge in [-0.3, -0.25) is 9.69 Å². The van der Waals surface area contributed by atoms with Crippen LogP contribution in [0.4, 0.5) is 4.79 Å². The van der Waals surface area contributed by atoms with Crippen LogP contribution < -0.4 is 10.1 Å². The molecule has 1 heterocycles. The molecule has 3 amide bonds. The van der Waals surface area contributed by atoms with E-state index in [1.54, 1.807) is 24.3 Å². The number of allylic oxidation sites excluding steroid dienone is 1. The van der Waals surface area contributed by atoms with Crippen molar-refractivity contribution >= 4 is 18.0 Å². The third-order valence-electron chi connectivity index (χ3n) is 4.46. The lowest BCUT2D eigenvalue weighted by Crippen LogP contribution is -2.30. The van der Waals surface area contributed by atoms with E-state index in [4.69, 9.17) is 4.74 Å². The number of phenols is 1. The average Bonchev–Trinajstić information content (AvgIpc) is 2.92. The molecular weight excluding hydrogens is 356 g/mol. The Kier molecular flexibility index (Phi) is 5.49. The summed E-state index contributed by atoms with van der Waals surface area (Å²) < 4.78 is 5.20. The number of imide groups is 1. The third kappa shape index (κ3) is 3.91. The average molecular weight is 378 g/mol. The number of benzene rings is 2. The first-order valence-corrected chi connectivity index (χ1v) is 8.83. The number of methoxy groups -OCH3 is 1. The Hall–Kier alpha value is -3.54. The van der Waals surface area contributed by atoms with Crippen LogP contribution >= 0.6 is 0 Å². The summed E-state index contributed by atoms with van der Waals surface area (Å²) in [4.78, 5) is 26.2. The van der Waals surface area contributed by atoms with Gasteiger partial charge in [-0.15, -0.1) is 6.58 Å². The van der Waals surface area contributed by atoms with Crippen LogP contribution in [-0.2, 0) is 17.8 Å². The van der Waals surface area contributed by atoms with Crippen molar-refractivity contribution in [3.63, 3.8) is 0 Å². The molecule has 144 valence electrons. The molecular formula is C22H22N2O4. The van der Waals surface area contributed by atoms with Crippen LogP contribution in [0.2, 0.25) is 0 Å². The molecule has 0 spiro atoms. The number of hydrogen-bond donors (Lipinski definition) is 2. The second-order valence-corrected chi connectivity index (χ2v) is 6.59. The van der Waals surface area contributed by atoms with E-state index in [-0.39, 0.29) is 18.0 Å². The Morgan fingerprint density at radius 3 is 2.71 bits per heavy atom. The van der Waals surface area contributed by atoms with Crippen LogP contribution in [0.1, 0.15) is 22.3 Å². The Morgan fingerprint density at radius 1 is 1.25 bits per heavy atom. The van der Waals surface area contributed by atoms with Gasteiger partial charge in [-0.25, -0.2) is 4.79 Å². The molecule has 0 saturated carbocycles. The van der Waals surface area contributed by atoms with Gasteiger partial charge < -0.3 is 15.2 Å². The van der Waals surface area contributed by atoms with Gasteiger partial charge in [-0.05, 0) is 42.7 Å². The molecule has 6 nitrogen and oxygen atoms in total. The number of amides is 3. The number of aromatic hydroxyl groups is 1. The Morgan fingerprint density at radius 2 is 2.04 bits per heavy atom. The maximum Gasteiger partial charge on any atom is 0.329 e. The van der Waals surface area contributed by atoms with Crippen molar-refractivity contribution in [2.24, 2.45) is 0 Å². The summed E-state index contributed by atoms with van der Waals surface area (Å²) in [5, 5.41) is 12.8. The molecule has 0 radical (unpaired) electrons. The number of carbonyl (C=O) groups excluding carboxylic acids is 2. The summed E-state index contributed by atoms with van der Waals surface area (Å²) in [6.45, 7) is 5.84. The fraction of sp³-hybridized carbons (Fsp3) is 0.182. The highest BCUT2D eigenvalue weighted by atomic mass is 16.5. The molecule has 1 saturated heterocycles. The second kappa shape index (κ2) is 8.00. The van der Waals surface area contributed by atoms with Crippen molar-refractivity contribution in [3.8, 4) is 11.5 Å². The van der Waals surface area contributed by atoms with Crippen LogP contribution in [0, 0.1) is 6.92 Å². The maximum atomic E-state index is 12.7. The molecule has 0 aliphatic carbocycles. The Balaban J connectivity index is 1.89. The predicted molar refractivity (Wildman–Crippen MR) is 107 cm³/mol. The number of hydrogen-bond acceptors (Lipinski definition) is 4. The number of ether oxygens (including phenoxy) is 1. The first kappa shape index (κ1) is 19.2. The lowest BCUT2D eigenvalue weighted by atomic mass is 10.0. The summed E-state index contributed by atoms with van der Waals surface area (Å²) >= 11 is 0. The fourth-order valence-electron chi connectivity index (χ4n) is 3.11. The molecule has 2 aromatic rings. The van der Waals surface area contributed by atoms with Gasteiger partial charge in [0.05, 0.1) is 13.7 Å². The molecule has 0 atom stereocenters. The zero-order valence-electron chi connectivity index (χ0n) is 15.9. The zero-order valence-corrected chi connectivity index (χ0v) is 15.9. The van der Waals surface area contributed by atoms with Crippen LogP contribution in [0.3, 0.4) is 0 Å². The second-order valence-electron chi connectivity index (χ2n) is 6.59. The Bertz CT molecular complexity index is 978. The van der Waals surface area contributed by atoms with Gasteiger partial charge in [0.25, 0.3) is 5.91 Å². The van der Waals surface area contributed by atoms with E-state index in [0.29, 0.717) is 23.3 Å². The lowest BCUT2D eigenvalue weighted by Gasteiger charge is -2.12. The van der Waals surface area contributed by atoms with Crippen molar-refractivity contribution < 1.29 is 19.4 Å². The van der Waals surface area contributed by atoms with Crippen molar-refractivity contribution in [2.75, 3.05) is 7.11 Å². The minimum Gasteiger partial charge on any atom is -0.504 e. The number of nitrogens with zero attached hydrogens (tertiary/aromatic N) is 1. The van der Waals surface area contributed by atoms with E-state index in [2.05, 4.69) is 11.9 Å². The van der Waals surface area contributed by atoms with Gasteiger partial charge in [0.2, 0.25) is 0 Å². The standard InChI is InChI=1S/C22H22N2O4/c1-4-6-17-10-16(12-19(28-3)20(17)25)11-18-21(26)24(22(27)23-18)13-15-8-5-7-14(2)9-15/h4-5,7-12,25H,1,6,13H2,2-3H3,(H,23,27)/b18-11+. The number of nitrogens with one attached hydrogen (secondary N) is 1. The molecule has 1 aliphatic rings. The van der Waals surface area contributed by atoms with Crippen LogP contribution in [0.15, 0.2) is 54.8 Å². The minimum atomic E-state index is -0.463. The molecule has 0 aromatic heterocycles. The summed E-state index contributed by atoms with van der Waals surface area (Å²) in [5.41, 5.74) is 3.37. The van der Waals surface area contributed by atoms with Crippen molar-refractivity contribution in [1.29, 1.82) is 0 Å². The SMILES string of the molecule is C=CCc1cc(/C=C2/NC(=O)N(Cc3cccc(C)c3)C2=O)cc(OC)c1O.